The third kappa shape index (κ3) is 7.66. The zero-order valence-electron chi connectivity index (χ0n) is 28.5. The van der Waals surface area contributed by atoms with E-state index < -0.39 is 35.2 Å². The van der Waals surface area contributed by atoms with Crippen LogP contribution in [0.15, 0.2) is 67.0 Å². The van der Waals surface area contributed by atoms with Gasteiger partial charge in [0.15, 0.2) is 5.82 Å². The van der Waals surface area contributed by atoms with E-state index in [1.165, 1.54) is 40.2 Å². The first kappa shape index (κ1) is 35.4. The van der Waals surface area contributed by atoms with Crippen LogP contribution >= 0.6 is 11.6 Å². The van der Waals surface area contributed by atoms with Crippen molar-refractivity contribution < 1.29 is 28.3 Å². The molecule has 1 N–H and O–H groups in total. The maximum absolute atomic E-state index is 15.3. The Bertz CT molecular complexity index is 2010. The lowest BCUT2D eigenvalue weighted by atomic mass is 9.89. The van der Waals surface area contributed by atoms with Gasteiger partial charge in [-0.15, -0.1) is 5.10 Å². The number of tetrazole rings is 1. The van der Waals surface area contributed by atoms with E-state index in [1.807, 2.05) is 18.0 Å². The number of piperazine rings is 1. The zero-order valence-corrected chi connectivity index (χ0v) is 29.2. The van der Waals surface area contributed by atoms with Crippen LogP contribution in [0.3, 0.4) is 0 Å². The van der Waals surface area contributed by atoms with Crippen molar-refractivity contribution in [2.75, 3.05) is 43.4 Å². The predicted molar refractivity (Wildman–Crippen MR) is 188 cm³/mol. The van der Waals surface area contributed by atoms with Crippen molar-refractivity contribution in [3.05, 3.63) is 100 Å². The second-order valence-corrected chi connectivity index (χ2v) is 13.7. The third-order valence-electron chi connectivity index (χ3n) is 8.52. The molecule has 1 fully saturated rings. The highest BCUT2D eigenvalue weighted by Crippen LogP contribution is 2.37. The van der Waals surface area contributed by atoms with Crippen molar-refractivity contribution in [1.29, 1.82) is 0 Å². The zero-order chi connectivity index (χ0) is 36.4. The van der Waals surface area contributed by atoms with Crippen molar-refractivity contribution in [2.45, 2.75) is 38.8 Å². The highest BCUT2D eigenvalue weighted by atomic mass is 35.5. The molecule has 3 heterocycles. The van der Waals surface area contributed by atoms with E-state index in [9.17, 15) is 19.2 Å². The summed E-state index contributed by atoms with van der Waals surface area (Å²) in [4.78, 5) is 58.9. The summed E-state index contributed by atoms with van der Waals surface area (Å²) in [6, 6.07) is 13.4. The molecule has 0 saturated carbocycles. The predicted octanol–water partition coefficient (Wildman–Crippen LogP) is 4.47. The molecule has 3 aromatic carbocycles. The van der Waals surface area contributed by atoms with E-state index in [1.54, 1.807) is 62.1 Å². The second kappa shape index (κ2) is 14.4. The molecule has 264 valence electrons. The molecule has 13 nitrogen and oxygen atoms in total. The average molecular weight is 715 g/mol. The molecule has 3 amide bonds. The number of nitrogens with zero attached hydrogens (tertiary/aromatic N) is 7. The van der Waals surface area contributed by atoms with Crippen molar-refractivity contribution in [2.24, 2.45) is 0 Å². The first-order valence-corrected chi connectivity index (χ1v) is 16.6. The standard InChI is InChI=1S/C36H36ClFN8O5/c1-36(2,3)51-35(50)22-8-10-23(11-9-22)40-34(49)33-25-6-5-7-28(44-19-18-43(4)20-31(44)48)24(25)16-17-45(33)30(47)15-12-26-29(46-21-39-41-42-46)14-13-27(37)32(26)38/h5-15,21,33H,16-20H2,1-4H3,(H,40,49)/b15-12+. The van der Waals surface area contributed by atoms with Gasteiger partial charge in [-0.3, -0.25) is 19.3 Å². The van der Waals surface area contributed by atoms with Crippen LogP contribution < -0.4 is 10.2 Å². The molecule has 6 rings (SSSR count). The van der Waals surface area contributed by atoms with E-state index >= 15 is 4.39 Å². The van der Waals surface area contributed by atoms with Crippen LogP contribution in [0.2, 0.25) is 5.02 Å². The summed E-state index contributed by atoms with van der Waals surface area (Å²) >= 11 is 6.09. The molecule has 15 heteroatoms. The molecular weight excluding hydrogens is 679 g/mol. The minimum absolute atomic E-state index is 0.0255. The number of likely N-dealkylation sites (N-methyl/N-ethyl adjacent to an activating group) is 1. The number of rotatable bonds is 7. The lowest BCUT2D eigenvalue weighted by Gasteiger charge is -2.39. The van der Waals surface area contributed by atoms with E-state index in [2.05, 4.69) is 20.8 Å². The Hall–Kier alpha value is -5.47. The number of benzene rings is 3. The summed E-state index contributed by atoms with van der Waals surface area (Å²) in [6.45, 7) is 6.86. The normalized spacial score (nSPS) is 16.7. The molecule has 0 aliphatic carbocycles. The minimum Gasteiger partial charge on any atom is -0.456 e. The molecule has 0 spiro atoms. The number of carbonyl (C=O) groups is 4. The van der Waals surface area contributed by atoms with Gasteiger partial charge in [0.25, 0.3) is 5.91 Å². The number of hydrogen-bond donors (Lipinski definition) is 1. The number of fused-ring (bicyclic) bond motifs is 1. The fourth-order valence-corrected chi connectivity index (χ4v) is 6.31. The number of halogens is 2. The first-order chi connectivity index (χ1) is 24.3. The molecule has 2 aliphatic heterocycles. The smallest absolute Gasteiger partial charge is 0.338 e. The van der Waals surface area contributed by atoms with E-state index in [0.29, 0.717) is 42.0 Å². The van der Waals surface area contributed by atoms with Crippen LogP contribution in [0.25, 0.3) is 11.8 Å². The quantitative estimate of drug-likeness (QED) is 0.217. The van der Waals surface area contributed by atoms with Gasteiger partial charge in [0.1, 0.15) is 18.0 Å². The fourth-order valence-electron chi connectivity index (χ4n) is 6.14. The summed E-state index contributed by atoms with van der Waals surface area (Å²) in [6.07, 6.45) is 4.10. The molecule has 0 bridgehead atoms. The summed E-state index contributed by atoms with van der Waals surface area (Å²) < 4.78 is 22.0. The Morgan fingerprint density at radius 3 is 2.47 bits per heavy atom. The molecule has 1 aromatic heterocycles. The van der Waals surface area contributed by atoms with Crippen molar-refractivity contribution in [3.63, 3.8) is 0 Å². The summed E-state index contributed by atoms with van der Waals surface area (Å²) in [7, 11) is 1.88. The van der Waals surface area contributed by atoms with Gasteiger partial charge in [-0.2, -0.15) is 4.68 Å². The maximum Gasteiger partial charge on any atom is 0.338 e. The van der Waals surface area contributed by atoms with Crippen LogP contribution in [0, 0.1) is 5.82 Å². The van der Waals surface area contributed by atoms with Gasteiger partial charge < -0.3 is 19.9 Å². The highest BCUT2D eigenvalue weighted by molar-refractivity contribution is 6.31. The van der Waals surface area contributed by atoms with E-state index in [4.69, 9.17) is 16.3 Å². The monoisotopic (exact) mass is 714 g/mol. The number of amides is 3. The van der Waals surface area contributed by atoms with Crippen LogP contribution in [0.4, 0.5) is 15.8 Å². The Balaban J connectivity index is 1.34. The summed E-state index contributed by atoms with van der Waals surface area (Å²) in [5.74, 6) is -2.43. The largest absolute Gasteiger partial charge is 0.456 e. The van der Waals surface area contributed by atoms with Crippen molar-refractivity contribution in [3.8, 4) is 5.69 Å². The highest BCUT2D eigenvalue weighted by Gasteiger charge is 2.38. The number of aromatic nitrogens is 4. The van der Waals surface area contributed by atoms with Crippen LogP contribution in [0.5, 0.6) is 0 Å². The van der Waals surface area contributed by atoms with Gasteiger partial charge in [-0.25, -0.2) is 9.18 Å². The number of hydrogen-bond acceptors (Lipinski definition) is 9. The van der Waals surface area contributed by atoms with Gasteiger partial charge in [0.2, 0.25) is 11.8 Å². The molecule has 1 unspecified atom stereocenters. The molecule has 51 heavy (non-hydrogen) atoms. The Kier molecular flexibility index (Phi) is 9.99. The lowest BCUT2D eigenvalue weighted by Crippen LogP contribution is -2.50. The Morgan fingerprint density at radius 2 is 1.78 bits per heavy atom. The number of nitrogens with one attached hydrogen (secondary N) is 1. The van der Waals surface area contributed by atoms with Crippen molar-refractivity contribution >= 4 is 52.7 Å². The SMILES string of the molecule is CN1CCN(c2cccc3c2CCN(C(=O)/C=C/c2c(-n4cnnn4)ccc(Cl)c2F)C3C(=O)Nc2ccc(C(=O)OC(C)(C)C)cc2)C(=O)C1. The molecule has 1 atom stereocenters. The number of carbonyl (C=O) groups excluding carboxylic acids is 4. The van der Waals surface area contributed by atoms with E-state index in [0.717, 1.165) is 5.56 Å². The van der Waals surface area contributed by atoms with Crippen LogP contribution in [0.1, 0.15) is 53.9 Å². The lowest BCUT2D eigenvalue weighted by molar-refractivity contribution is -0.135. The van der Waals surface area contributed by atoms with Gasteiger partial charge in [0.05, 0.1) is 22.8 Å². The fraction of sp³-hybridized carbons (Fsp3) is 0.306. The Morgan fingerprint density at radius 1 is 1.02 bits per heavy atom. The molecule has 0 radical (unpaired) electrons. The Labute approximate surface area is 298 Å². The molecule has 2 aliphatic rings. The maximum atomic E-state index is 15.3. The van der Waals surface area contributed by atoms with Gasteiger partial charge in [-0.1, -0.05) is 23.7 Å². The molecule has 1 saturated heterocycles. The van der Waals surface area contributed by atoms with Gasteiger partial charge in [0, 0.05) is 42.6 Å². The third-order valence-corrected chi connectivity index (χ3v) is 8.81. The van der Waals surface area contributed by atoms with Crippen LogP contribution in [-0.4, -0.2) is 92.5 Å². The topological polar surface area (TPSA) is 143 Å². The summed E-state index contributed by atoms with van der Waals surface area (Å²) in [5.41, 5.74) is 2.28. The molecular formula is C36H36ClFN8O5. The van der Waals surface area contributed by atoms with Crippen LogP contribution in [-0.2, 0) is 25.5 Å². The van der Waals surface area contributed by atoms with Crippen molar-refractivity contribution in [1.82, 2.24) is 30.0 Å². The first-order valence-electron chi connectivity index (χ1n) is 16.3. The van der Waals surface area contributed by atoms with Gasteiger partial charge >= 0.3 is 5.97 Å². The number of anilines is 2. The number of esters is 1. The summed E-state index contributed by atoms with van der Waals surface area (Å²) in [5, 5.41) is 13.8. The van der Waals surface area contributed by atoms with Gasteiger partial charge in [-0.05, 0) is 104 Å². The average Bonchev–Trinajstić information content (AvgIpc) is 3.62. The van der Waals surface area contributed by atoms with E-state index in [-0.39, 0.29) is 35.3 Å². The number of ether oxygens (including phenoxy) is 1. The molecule has 4 aromatic rings. The second-order valence-electron chi connectivity index (χ2n) is 13.3. The minimum atomic E-state index is -1.12.